The van der Waals surface area contributed by atoms with E-state index < -0.39 is 71.2 Å². The number of ketones is 1. The van der Waals surface area contributed by atoms with Crippen LogP contribution in [0.4, 0.5) is 13.2 Å². The van der Waals surface area contributed by atoms with Crippen molar-refractivity contribution in [2.75, 3.05) is 0 Å². The SMILES string of the molecule is CC(C)C(NC(=O)Cn1c(-c2ccccc2)cc2c(=O)n(CC(=O)OCc3ccccc3)c(=O)[nH]c2c1=O)C(=O)C(F)(F)F. The summed E-state index contributed by atoms with van der Waals surface area (Å²) in [7, 11) is 0. The fraction of sp³-hybridized carbons (Fsp3) is 0.267. The molecule has 230 valence electrons. The number of nitrogens with zero attached hydrogens (tertiary/aromatic N) is 2. The van der Waals surface area contributed by atoms with Gasteiger partial charge < -0.3 is 15.0 Å². The van der Waals surface area contributed by atoms with Crippen LogP contribution in [-0.4, -0.2) is 44.0 Å². The van der Waals surface area contributed by atoms with Gasteiger partial charge in [-0.3, -0.25) is 28.5 Å². The first-order valence-corrected chi connectivity index (χ1v) is 13.3. The summed E-state index contributed by atoms with van der Waals surface area (Å²) in [6.07, 6.45) is -5.20. The van der Waals surface area contributed by atoms with E-state index in [1.807, 2.05) is 5.32 Å². The summed E-state index contributed by atoms with van der Waals surface area (Å²) in [6, 6.07) is 16.0. The van der Waals surface area contributed by atoms with Gasteiger partial charge in [-0.25, -0.2) is 9.36 Å². The number of benzene rings is 2. The van der Waals surface area contributed by atoms with Crippen LogP contribution in [0, 0.1) is 5.92 Å². The maximum Gasteiger partial charge on any atom is 0.452 e. The van der Waals surface area contributed by atoms with Crippen LogP contribution in [0.3, 0.4) is 0 Å². The van der Waals surface area contributed by atoms with Gasteiger partial charge in [-0.15, -0.1) is 0 Å². The van der Waals surface area contributed by atoms with Crippen molar-refractivity contribution in [1.82, 2.24) is 19.4 Å². The molecule has 0 bridgehead atoms. The number of hydrogen-bond donors (Lipinski definition) is 2. The smallest absolute Gasteiger partial charge is 0.452 e. The van der Waals surface area contributed by atoms with E-state index in [4.69, 9.17) is 4.74 Å². The molecule has 2 aromatic heterocycles. The van der Waals surface area contributed by atoms with Crippen LogP contribution in [-0.2, 0) is 38.8 Å². The second-order valence-electron chi connectivity index (χ2n) is 10.2. The van der Waals surface area contributed by atoms with Gasteiger partial charge in [0, 0.05) is 0 Å². The number of aromatic amines is 1. The number of amides is 1. The number of aromatic nitrogens is 3. The Morgan fingerprint density at radius 3 is 2.09 bits per heavy atom. The molecule has 4 aromatic rings. The van der Waals surface area contributed by atoms with Crippen LogP contribution < -0.4 is 22.1 Å². The fourth-order valence-electron chi connectivity index (χ4n) is 4.48. The molecule has 44 heavy (non-hydrogen) atoms. The lowest BCUT2D eigenvalue weighted by Gasteiger charge is -2.23. The van der Waals surface area contributed by atoms with E-state index in [0.29, 0.717) is 15.7 Å². The molecule has 0 aliphatic carbocycles. The lowest BCUT2D eigenvalue weighted by molar-refractivity contribution is -0.174. The highest BCUT2D eigenvalue weighted by Crippen LogP contribution is 2.22. The number of halogens is 3. The molecular weight excluding hydrogens is 585 g/mol. The van der Waals surface area contributed by atoms with Gasteiger partial charge in [-0.2, -0.15) is 13.2 Å². The van der Waals surface area contributed by atoms with Crippen LogP contribution in [0.1, 0.15) is 19.4 Å². The minimum atomic E-state index is -5.20. The van der Waals surface area contributed by atoms with Gasteiger partial charge in [-0.1, -0.05) is 74.5 Å². The highest BCUT2D eigenvalue weighted by atomic mass is 19.4. The van der Waals surface area contributed by atoms with Gasteiger partial charge in [0.25, 0.3) is 16.9 Å². The van der Waals surface area contributed by atoms with E-state index in [9.17, 15) is 41.9 Å². The Morgan fingerprint density at radius 2 is 1.50 bits per heavy atom. The molecule has 11 nitrogen and oxygen atoms in total. The summed E-state index contributed by atoms with van der Waals surface area (Å²) in [5.41, 5.74) is -2.53. The number of carbonyl (C=O) groups is 3. The summed E-state index contributed by atoms with van der Waals surface area (Å²) in [5.74, 6) is -5.05. The molecule has 4 rings (SSSR count). The van der Waals surface area contributed by atoms with Crippen LogP contribution in [0.25, 0.3) is 22.2 Å². The number of rotatable bonds is 10. The predicted molar refractivity (Wildman–Crippen MR) is 153 cm³/mol. The van der Waals surface area contributed by atoms with Crippen LogP contribution in [0.5, 0.6) is 0 Å². The topological polar surface area (TPSA) is 149 Å². The fourth-order valence-corrected chi connectivity index (χ4v) is 4.48. The number of fused-ring (bicyclic) bond motifs is 1. The molecule has 2 aromatic carbocycles. The van der Waals surface area contributed by atoms with E-state index in [0.717, 1.165) is 4.57 Å². The third-order valence-corrected chi connectivity index (χ3v) is 6.70. The summed E-state index contributed by atoms with van der Waals surface area (Å²) < 4.78 is 46.0. The standard InChI is InChI=1S/C30H27F3N4O7/c1-17(2)24(26(40)30(31,32)33)34-22(38)14-36-21(19-11-7-4-8-12-19)13-20-25(28(36)42)35-29(43)37(27(20)41)15-23(39)44-16-18-9-5-3-6-10-18/h3-13,17,24H,14-16H2,1-2H3,(H,34,38)(H,35,43). The van der Waals surface area contributed by atoms with Crippen molar-refractivity contribution in [3.8, 4) is 11.3 Å². The lowest BCUT2D eigenvalue weighted by atomic mass is 9.99. The van der Waals surface area contributed by atoms with Gasteiger partial charge in [0.2, 0.25) is 5.91 Å². The van der Waals surface area contributed by atoms with E-state index >= 15 is 0 Å². The number of pyridine rings is 1. The van der Waals surface area contributed by atoms with E-state index in [1.165, 1.54) is 19.9 Å². The largest absolute Gasteiger partial charge is 0.459 e. The van der Waals surface area contributed by atoms with Gasteiger partial charge in [0.1, 0.15) is 25.2 Å². The predicted octanol–water partition coefficient (Wildman–Crippen LogP) is 2.53. The Bertz CT molecular complexity index is 1880. The van der Waals surface area contributed by atoms with E-state index in [1.54, 1.807) is 60.7 Å². The van der Waals surface area contributed by atoms with Crippen molar-refractivity contribution in [2.45, 2.75) is 45.8 Å². The molecule has 0 radical (unpaired) electrons. The third-order valence-electron chi connectivity index (χ3n) is 6.70. The van der Waals surface area contributed by atoms with Crippen molar-refractivity contribution in [1.29, 1.82) is 0 Å². The maximum atomic E-state index is 13.6. The van der Waals surface area contributed by atoms with Crippen molar-refractivity contribution in [3.63, 3.8) is 0 Å². The summed E-state index contributed by atoms with van der Waals surface area (Å²) in [6.45, 7) is 0.938. The zero-order chi connectivity index (χ0) is 32.2. The summed E-state index contributed by atoms with van der Waals surface area (Å²) >= 11 is 0. The van der Waals surface area contributed by atoms with Crippen molar-refractivity contribution < 1.29 is 32.3 Å². The first kappa shape index (κ1) is 31.7. The number of H-pyrrole nitrogens is 1. The second-order valence-corrected chi connectivity index (χ2v) is 10.2. The zero-order valence-corrected chi connectivity index (χ0v) is 23.5. The molecule has 1 amide bonds. The van der Waals surface area contributed by atoms with Crippen molar-refractivity contribution >= 4 is 28.6 Å². The maximum absolute atomic E-state index is 13.6. The average molecular weight is 613 g/mol. The van der Waals surface area contributed by atoms with Gasteiger partial charge in [0.15, 0.2) is 0 Å². The first-order chi connectivity index (χ1) is 20.8. The van der Waals surface area contributed by atoms with E-state index in [2.05, 4.69) is 4.98 Å². The van der Waals surface area contributed by atoms with Gasteiger partial charge in [-0.05, 0) is 23.1 Å². The minimum absolute atomic E-state index is 0.0175. The Balaban J connectivity index is 1.74. The quantitative estimate of drug-likeness (QED) is 0.262. The summed E-state index contributed by atoms with van der Waals surface area (Å²) in [4.78, 5) is 79.4. The average Bonchev–Trinajstić information content (AvgIpc) is 2.98. The monoisotopic (exact) mass is 612 g/mol. The highest BCUT2D eigenvalue weighted by Gasteiger charge is 2.45. The number of esters is 1. The van der Waals surface area contributed by atoms with Crippen molar-refractivity contribution in [2.24, 2.45) is 5.92 Å². The number of alkyl halides is 3. The molecule has 2 N–H and O–H groups in total. The number of carbonyl (C=O) groups excluding carboxylic acids is 3. The molecule has 1 unspecified atom stereocenters. The van der Waals surface area contributed by atoms with Crippen LogP contribution in [0.2, 0.25) is 0 Å². The lowest BCUT2D eigenvalue weighted by Crippen LogP contribution is -2.51. The first-order valence-electron chi connectivity index (χ1n) is 13.3. The van der Waals surface area contributed by atoms with Gasteiger partial charge >= 0.3 is 17.8 Å². The molecule has 0 saturated heterocycles. The summed E-state index contributed by atoms with van der Waals surface area (Å²) in [5, 5.41) is 1.76. The zero-order valence-electron chi connectivity index (χ0n) is 23.5. The highest BCUT2D eigenvalue weighted by molar-refractivity contribution is 5.93. The molecule has 0 saturated carbocycles. The number of hydrogen-bond acceptors (Lipinski definition) is 7. The minimum Gasteiger partial charge on any atom is -0.459 e. The third kappa shape index (κ3) is 7.02. The van der Waals surface area contributed by atoms with Crippen LogP contribution >= 0.6 is 0 Å². The number of ether oxygens (including phenoxy) is 1. The Labute approximate surface area is 246 Å². The second kappa shape index (κ2) is 12.9. The number of nitrogens with one attached hydrogen (secondary N) is 2. The molecule has 0 fully saturated rings. The van der Waals surface area contributed by atoms with Gasteiger partial charge in [0.05, 0.1) is 17.1 Å². The molecule has 1 atom stereocenters. The molecule has 14 heteroatoms. The van der Waals surface area contributed by atoms with Crippen LogP contribution in [0.15, 0.2) is 81.1 Å². The normalized spacial score (nSPS) is 12.2. The molecule has 2 heterocycles. The molecule has 0 spiro atoms. The van der Waals surface area contributed by atoms with E-state index in [-0.39, 0.29) is 17.7 Å². The molecule has 0 aliphatic heterocycles. The number of Topliss-reactive ketones (excluding diaryl/α,β-unsaturated/α-hetero) is 1. The van der Waals surface area contributed by atoms with Crippen molar-refractivity contribution in [3.05, 3.63) is 103 Å². The Kier molecular flexibility index (Phi) is 9.31. The molecular formula is C30H27F3N4O7. The molecule has 0 aliphatic rings. The Morgan fingerprint density at radius 1 is 0.886 bits per heavy atom. The Hall–Kier alpha value is -5.27.